The lowest BCUT2D eigenvalue weighted by molar-refractivity contribution is 0.00954. The third-order valence-corrected chi connectivity index (χ3v) is 5.61. The van der Waals surface area contributed by atoms with Gasteiger partial charge in [0.15, 0.2) is 0 Å². The zero-order valence-electron chi connectivity index (χ0n) is 12.8. The van der Waals surface area contributed by atoms with E-state index >= 15 is 0 Å². The van der Waals surface area contributed by atoms with Crippen LogP contribution in [0, 0.1) is 11.8 Å². The fraction of sp³-hybridized carbons (Fsp3) is 1.00. The topological polar surface area (TPSA) is 15.7 Å². The van der Waals surface area contributed by atoms with Gasteiger partial charge >= 0.3 is 0 Å². The van der Waals surface area contributed by atoms with E-state index in [1.165, 1.54) is 45.4 Å². The van der Waals surface area contributed by atoms with E-state index in [0.717, 1.165) is 30.5 Å². The molecule has 0 radical (unpaired) electrons. The van der Waals surface area contributed by atoms with Gasteiger partial charge in [-0.2, -0.15) is 0 Å². The Labute approximate surface area is 118 Å². The van der Waals surface area contributed by atoms with Gasteiger partial charge in [0.1, 0.15) is 0 Å². The molecule has 3 fully saturated rings. The predicted molar refractivity (Wildman–Crippen MR) is 78.3 cm³/mol. The van der Waals surface area contributed by atoms with E-state index in [0.29, 0.717) is 6.10 Å². The van der Waals surface area contributed by atoms with Crippen LogP contribution in [0.4, 0.5) is 0 Å². The molecule has 3 nitrogen and oxygen atoms in total. The van der Waals surface area contributed by atoms with Crippen LogP contribution in [0.3, 0.4) is 0 Å². The maximum Gasteiger partial charge on any atom is 0.0588 e. The number of hydrogen-bond acceptors (Lipinski definition) is 3. The van der Waals surface area contributed by atoms with E-state index in [1.807, 2.05) is 0 Å². The van der Waals surface area contributed by atoms with E-state index in [9.17, 15) is 0 Å². The molecule has 0 bridgehead atoms. The smallest absolute Gasteiger partial charge is 0.0588 e. The van der Waals surface area contributed by atoms with Crippen LogP contribution in [0.5, 0.6) is 0 Å². The molecule has 0 aliphatic carbocycles. The number of nitrogens with zero attached hydrogens (tertiary/aromatic N) is 2. The second kappa shape index (κ2) is 5.71. The van der Waals surface area contributed by atoms with Gasteiger partial charge in [-0.15, -0.1) is 0 Å². The van der Waals surface area contributed by atoms with E-state index < -0.39 is 0 Å². The summed E-state index contributed by atoms with van der Waals surface area (Å²) in [5.41, 5.74) is 0. The molecule has 4 unspecified atom stereocenters. The van der Waals surface area contributed by atoms with Crippen LogP contribution in [-0.4, -0.2) is 60.8 Å². The van der Waals surface area contributed by atoms with Crippen LogP contribution in [0.25, 0.3) is 0 Å². The molecule has 0 N–H and O–H groups in total. The fourth-order valence-electron chi connectivity index (χ4n) is 4.26. The Hall–Kier alpha value is -0.120. The Balaban J connectivity index is 1.66. The van der Waals surface area contributed by atoms with Crippen molar-refractivity contribution in [3.8, 4) is 0 Å². The lowest BCUT2D eigenvalue weighted by Gasteiger charge is -2.46. The van der Waals surface area contributed by atoms with Crippen molar-refractivity contribution in [2.24, 2.45) is 11.8 Å². The summed E-state index contributed by atoms with van der Waals surface area (Å²) >= 11 is 0. The predicted octanol–water partition coefficient (Wildman–Crippen LogP) is 2.22. The molecule has 3 aliphatic heterocycles. The van der Waals surface area contributed by atoms with Gasteiger partial charge in [0.2, 0.25) is 0 Å². The first-order valence-corrected chi connectivity index (χ1v) is 8.25. The third-order valence-electron chi connectivity index (χ3n) is 5.61. The average molecular weight is 266 g/mol. The molecule has 0 aromatic carbocycles. The van der Waals surface area contributed by atoms with Gasteiger partial charge in [-0.05, 0) is 44.6 Å². The molecule has 0 spiro atoms. The van der Waals surface area contributed by atoms with Crippen molar-refractivity contribution in [1.29, 1.82) is 0 Å². The van der Waals surface area contributed by atoms with Crippen LogP contribution in [0.2, 0.25) is 0 Å². The Kier molecular flexibility index (Phi) is 4.16. The summed E-state index contributed by atoms with van der Waals surface area (Å²) in [5, 5.41) is 0. The van der Waals surface area contributed by atoms with Crippen molar-refractivity contribution in [1.82, 2.24) is 9.80 Å². The van der Waals surface area contributed by atoms with Gasteiger partial charge in [0, 0.05) is 38.3 Å². The Morgan fingerprint density at radius 2 is 2.05 bits per heavy atom. The number of hydrogen-bond donors (Lipinski definition) is 0. The van der Waals surface area contributed by atoms with Crippen molar-refractivity contribution in [3.05, 3.63) is 0 Å². The normalized spacial score (nSPS) is 41.1. The molecule has 3 saturated heterocycles. The highest BCUT2D eigenvalue weighted by molar-refractivity contribution is 4.94. The van der Waals surface area contributed by atoms with Crippen molar-refractivity contribution >= 4 is 0 Å². The monoisotopic (exact) mass is 266 g/mol. The largest absolute Gasteiger partial charge is 0.378 e. The molecule has 0 aromatic rings. The van der Waals surface area contributed by atoms with E-state index in [1.54, 1.807) is 0 Å². The molecular weight excluding hydrogens is 236 g/mol. The minimum Gasteiger partial charge on any atom is -0.378 e. The van der Waals surface area contributed by atoms with E-state index in [4.69, 9.17) is 4.74 Å². The first kappa shape index (κ1) is 13.8. The van der Waals surface area contributed by atoms with Crippen molar-refractivity contribution < 1.29 is 4.74 Å². The van der Waals surface area contributed by atoms with Gasteiger partial charge in [0.05, 0.1) is 6.10 Å². The van der Waals surface area contributed by atoms with Gasteiger partial charge in [-0.3, -0.25) is 9.80 Å². The maximum atomic E-state index is 5.75. The minimum absolute atomic E-state index is 0.467. The molecule has 0 saturated carbocycles. The third kappa shape index (κ3) is 2.84. The van der Waals surface area contributed by atoms with Crippen LogP contribution in [0.1, 0.15) is 40.0 Å². The molecule has 3 rings (SSSR count). The Morgan fingerprint density at radius 3 is 2.74 bits per heavy atom. The lowest BCUT2D eigenvalue weighted by Crippen LogP contribution is -2.58. The second-order valence-electron chi connectivity index (χ2n) is 7.18. The summed E-state index contributed by atoms with van der Waals surface area (Å²) < 4.78 is 5.75. The summed E-state index contributed by atoms with van der Waals surface area (Å²) in [6.07, 6.45) is 4.55. The summed E-state index contributed by atoms with van der Waals surface area (Å²) in [4.78, 5) is 5.54. The Bertz CT molecular complexity index is 307. The summed E-state index contributed by atoms with van der Waals surface area (Å²) in [5.74, 6) is 1.52. The molecular formula is C16H30N2O. The molecule has 4 atom stereocenters. The second-order valence-corrected chi connectivity index (χ2v) is 7.18. The Morgan fingerprint density at radius 1 is 1.21 bits per heavy atom. The summed E-state index contributed by atoms with van der Waals surface area (Å²) in [6.45, 7) is 13.2. The molecule has 3 aliphatic rings. The highest BCUT2D eigenvalue weighted by Gasteiger charge is 2.39. The zero-order valence-corrected chi connectivity index (χ0v) is 12.8. The van der Waals surface area contributed by atoms with Crippen LogP contribution >= 0.6 is 0 Å². The number of fused-ring (bicyclic) bond motifs is 1. The maximum absolute atomic E-state index is 5.75. The fourth-order valence-corrected chi connectivity index (χ4v) is 4.26. The van der Waals surface area contributed by atoms with Gasteiger partial charge in [0.25, 0.3) is 0 Å². The number of piperazine rings is 1. The quantitative estimate of drug-likeness (QED) is 0.779. The lowest BCUT2D eigenvalue weighted by atomic mass is 9.94. The molecule has 3 heterocycles. The van der Waals surface area contributed by atoms with Crippen LogP contribution < -0.4 is 0 Å². The zero-order chi connectivity index (χ0) is 13.4. The molecule has 3 heteroatoms. The number of ether oxygens (including phenoxy) is 1. The summed E-state index contributed by atoms with van der Waals surface area (Å²) in [7, 11) is 0. The number of rotatable bonds is 3. The molecule has 19 heavy (non-hydrogen) atoms. The molecule has 0 amide bonds. The van der Waals surface area contributed by atoms with Crippen LogP contribution in [-0.2, 0) is 4.74 Å². The molecule has 110 valence electrons. The van der Waals surface area contributed by atoms with Crippen molar-refractivity contribution in [2.45, 2.75) is 58.2 Å². The van der Waals surface area contributed by atoms with Crippen LogP contribution in [0.15, 0.2) is 0 Å². The first-order valence-electron chi connectivity index (χ1n) is 8.25. The minimum atomic E-state index is 0.467. The standard InChI is InChI=1S/C16H30N2O/c1-12(2)16-11-17-7-4-5-15(17)10-18(16)9-14-6-8-19-13(14)3/h12-16H,4-11H2,1-3H3. The summed E-state index contributed by atoms with van der Waals surface area (Å²) in [6, 6.07) is 1.59. The highest BCUT2D eigenvalue weighted by atomic mass is 16.5. The van der Waals surface area contributed by atoms with E-state index in [2.05, 4.69) is 30.6 Å². The van der Waals surface area contributed by atoms with Gasteiger partial charge < -0.3 is 4.74 Å². The highest BCUT2D eigenvalue weighted by Crippen LogP contribution is 2.30. The first-order chi connectivity index (χ1) is 9.15. The van der Waals surface area contributed by atoms with Gasteiger partial charge in [-0.1, -0.05) is 13.8 Å². The van der Waals surface area contributed by atoms with Crippen molar-refractivity contribution in [2.75, 3.05) is 32.8 Å². The average Bonchev–Trinajstić information content (AvgIpc) is 2.97. The van der Waals surface area contributed by atoms with Gasteiger partial charge in [-0.25, -0.2) is 0 Å². The molecule has 0 aromatic heterocycles. The van der Waals surface area contributed by atoms with Crippen molar-refractivity contribution in [3.63, 3.8) is 0 Å². The van der Waals surface area contributed by atoms with E-state index in [-0.39, 0.29) is 0 Å². The SMILES string of the molecule is CC(C)C1CN2CCCC2CN1CC1CCOC1C.